The average Bonchev–Trinajstić information content (AvgIpc) is 3.35. The first-order chi connectivity index (χ1) is 13.7. The average molecular weight is 462 g/mol. The number of fused-ring (bicyclic) bond motifs is 1. The van der Waals surface area contributed by atoms with E-state index in [9.17, 15) is 4.79 Å². The van der Waals surface area contributed by atoms with Crippen molar-refractivity contribution in [2.24, 2.45) is 0 Å². The van der Waals surface area contributed by atoms with Gasteiger partial charge >= 0.3 is 0 Å². The zero-order chi connectivity index (χ0) is 19.5. The summed E-state index contributed by atoms with van der Waals surface area (Å²) in [6.07, 6.45) is 6.17. The molecule has 5 nitrogen and oxygen atoms in total. The van der Waals surface area contributed by atoms with Gasteiger partial charge in [-0.05, 0) is 36.1 Å². The molecule has 3 aromatic rings. The molecule has 28 heavy (non-hydrogen) atoms. The van der Waals surface area contributed by atoms with Crippen molar-refractivity contribution in [3.05, 3.63) is 59.1 Å². The van der Waals surface area contributed by atoms with Crippen molar-refractivity contribution in [3.8, 4) is 0 Å². The minimum atomic E-state index is 0.0179. The molecule has 2 heterocycles. The molecule has 7 heteroatoms. The molecule has 0 saturated heterocycles. The zero-order valence-corrected chi connectivity index (χ0v) is 17.9. The van der Waals surface area contributed by atoms with Gasteiger partial charge in [0.05, 0.1) is 0 Å². The third-order valence-corrected chi connectivity index (χ3v) is 5.85. The second-order valence-electron chi connectivity index (χ2n) is 7.16. The van der Waals surface area contributed by atoms with Crippen LogP contribution in [-0.4, -0.2) is 37.2 Å². The summed E-state index contributed by atoms with van der Waals surface area (Å²) in [6, 6.07) is 12.3. The number of rotatable bonds is 6. The molecule has 1 aliphatic carbocycles. The predicted octanol–water partition coefficient (Wildman–Crippen LogP) is 5.24. The fourth-order valence-electron chi connectivity index (χ4n) is 4.00. The van der Waals surface area contributed by atoms with Crippen LogP contribution in [0.3, 0.4) is 0 Å². The molecular weight excluding hydrogens is 440 g/mol. The summed E-state index contributed by atoms with van der Waals surface area (Å²) in [7, 11) is 0. The van der Waals surface area contributed by atoms with E-state index < -0.39 is 0 Å². The van der Waals surface area contributed by atoms with Crippen molar-refractivity contribution < 1.29 is 4.79 Å². The number of alkyl halides is 1. The summed E-state index contributed by atoms with van der Waals surface area (Å²) in [6.45, 7) is 1.20. The number of carbonyl (C=O) groups excluding carboxylic acids is 1. The van der Waals surface area contributed by atoms with E-state index in [2.05, 4.69) is 30.5 Å². The number of amides is 1. The van der Waals surface area contributed by atoms with E-state index in [4.69, 9.17) is 11.6 Å². The molecule has 0 unspecified atom stereocenters. The molecule has 146 valence electrons. The van der Waals surface area contributed by atoms with Gasteiger partial charge in [-0.3, -0.25) is 4.79 Å². The van der Waals surface area contributed by atoms with Crippen LogP contribution in [0.1, 0.15) is 47.8 Å². The Balaban J connectivity index is 1.75. The molecule has 0 bridgehead atoms. The van der Waals surface area contributed by atoms with E-state index in [1.54, 1.807) is 6.20 Å². The molecule has 0 radical (unpaired) electrons. The highest BCUT2D eigenvalue weighted by Gasteiger charge is 2.28. The highest BCUT2D eigenvalue weighted by Crippen LogP contribution is 2.35. The van der Waals surface area contributed by atoms with Crippen LogP contribution in [0, 0.1) is 0 Å². The highest BCUT2D eigenvalue weighted by molar-refractivity contribution is 9.09. The lowest BCUT2D eigenvalue weighted by molar-refractivity contribution is 0.0742. The van der Waals surface area contributed by atoms with Crippen molar-refractivity contribution in [1.29, 1.82) is 0 Å². The standard InChI is InChI=1S/C21H22BrClN4O/c22-10-11-26(14-15-6-2-1-3-7-15)20(28)18-12-16-13-24-21(23)25-19(16)27(18)17-8-4-5-9-17/h1-3,6-7,12-13,17H,4-5,8-11,14H2. The Hall–Kier alpha value is -1.92. The monoisotopic (exact) mass is 460 g/mol. The maximum atomic E-state index is 13.6. The van der Waals surface area contributed by atoms with Crippen LogP contribution in [-0.2, 0) is 6.54 Å². The summed E-state index contributed by atoms with van der Waals surface area (Å²) in [4.78, 5) is 24.0. The van der Waals surface area contributed by atoms with Gasteiger partial charge in [-0.1, -0.05) is 59.1 Å². The first kappa shape index (κ1) is 19.4. The Bertz CT molecular complexity index is 969. The fourth-order valence-corrected chi connectivity index (χ4v) is 4.56. The first-order valence-corrected chi connectivity index (χ1v) is 11.1. The van der Waals surface area contributed by atoms with E-state index >= 15 is 0 Å². The Kier molecular flexibility index (Phi) is 5.97. The quantitative estimate of drug-likeness (QED) is 0.373. The number of aromatic nitrogens is 3. The van der Waals surface area contributed by atoms with Gasteiger partial charge in [0, 0.05) is 36.0 Å². The van der Waals surface area contributed by atoms with Gasteiger partial charge in [-0.25, -0.2) is 4.98 Å². The van der Waals surface area contributed by atoms with E-state index in [0.717, 1.165) is 34.8 Å². The summed E-state index contributed by atoms with van der Waals surface area (Å²) >= 11 is 9.56. The molecule has 1 saturated carbocycles. The molecule has 4 rings (SSSR count). The SMILES string of the molecule is O=C(c1cc2cnc(Cl)nc2n1C1CCCC1)N(CCBr)Cc1ccccc1. The Morgan fingerprint density at radius 2 is 2.00 bits per heavy atom. The Morgan fingerprint density at radius 1 is 1.25 bits per heavy atom. The van der Waals surface area contributed by atoms with E-state index in [1.807, 2.05) is 41.3 Å². The number of halogens is 2. The van der Waals surface area contributed by atoms with E-state index in [1.165, 1.54) is 12.8 Å². The van der Waals surface area contributed by atoms with Crippen molar-refractivity contribution in [3.63, 3.8) is 0 Å². The second kappa shape index (κ2) is 8.62. The van der Waals surface area contributed by atoms with Gasteiger partial charge in [-0.15, -0.1) is 0 Å². The molecular formula is C21H22BrClN4O. The zero-order valence-electron chi connectivity index (χ0n) is 15.5. The van der Waals surface area contributed by atoms with Crippen LogP contribution < -0.4 is 0 Å². The lowest BCUT2D eigenvalue weighted by Crippen LogP contribution is -2.34. The van der Waals surface area contributed by atoms with Gasteiger partial charge in [0.2, 0.25) is 5.28 Å². The topological polar surface area (TPSA) is 51.0 Å². The predicted molar refractivity (Wildman–Crippen MR) is 115 cm³/mol. The van der Waals surface area contributed by atoms with Gasteiger partial charge in [-0.2, -0.15) is 4.98 Å². The van der Waals surface area contributed by atoms with E-state index in [-0.39, 0.29) is 17.2 Å². The molecule has 1 aliphatic rings. The van der Waals surface area contributed by atoms with Crippen LogP contribution in [0.2, 0.25) is 5.28 Å². The molecule has 0 spiro atoms. The molecule has 1 aromatic carbocycles. The second-order valence-corrected chi connectivity index (χ2v) is 8.29. The van der Waals surface area contributed by atoms with Crippen molar-refractivity contribution in [1.82, 2.24) is 19.4 Å². The number of hydrogen-bond donors (Lipinski definition) is 0. The number of carbonyl (C=O) groups is 1. The molecule has 1 fully saturated rings. The maximum Gasteiger partial charge on any atom is 0.270 e. The van der Waals surface area contributed by atoms with Crippen LogP contribution in [0.25, 0.3) is 11.0 Å². The minimum absolute atomic E-state index is 0.0179. The third-order valence-electron chi connectivity index (χ3n) is 5.31. The van der Waals surface area contributed by atoms with E-state index in [0.29, 0.717) is 18.8 Å². The van der Waals surface area contributed by atoms with Crippen molar-refractivity contribution >= 4 is 44.5 Å². The lowest BCUT2D eigenvalue weighted by atomic mass is 10.2. The smallest absolute Gasteiger partial charge is 0.270 e. The first-order valence-electron chi connectivity index (χ1n) is 9.60. The lowest BCUT2D eigenvalue weighted by Gasteiger charge is -2.24. The molecule has 2 aromatic heterocycles. The number of nitrogens with zero attached hydrogens (tertiary/aromatic N) is 4. The molecule has 0 N–H and O–H groups in total. The molecule has 1 amide bonds. The largest absolute Gasteiger partial charge is 0.332 e. The van der Waals surface area contributed by atoms with Gasteiger partial charge in [0.1, 0.15) is 11.3 Å². The Labute approximate surface area is 177 Å². The van der Waals surface area contributed by atoms with Crippen LogP contribution >= 0.6 is 27.5 Å². The number of hydrogen-bond acceptors (Lipinski definition) is 3. The van der Waals surface area contributed by atoms with Gasteiger partial charge in [0.25, 0.3) is 5.91 Å². The van der Waals surface area contributed by atoms with Crippen molar-refractivity contribution in [2.75, 3.05) is 11.9 Å². The summed E-state index contributed by atoms with van der Waals surface area (Å²) < 4.78 is 2.10. The normalized spacial score (nSPS) is 14.6. The minimum Gasteiger partial charge on any atom is -0.332 e. The third kappa shape index (κ3) is 3.94. The van der Waals surface area contributed by atoms with Crippen molar-refractivity contribution in [2.45, 2.75) is 38.3 Å². The number of benzene rings is 1. The van der Waals surface area contributed by atoms with Gasteiger partial charge in [0.15, 0.2) is 0 Å². The van der Waals surface area contributed by atoms with Gasteiger partial charge < -0.3 is 9.47 Å². The fraction of sp³-hybridized carbons (Fsp3) is 0.381. The summed E-state index contributed by atoms with van der Waals surface area (Å²) in [5.74, 6) is 0.0179. The van der Waals surface area contributed by atoms with Crippen LogP contribution in [0.5, 0.6) is 0 Å². The molecule has 0 aliphatic heterocycles. The van der Waals surface area contributed by atoms with Crippen LogP contribution in [0.15, 0.2) is 42.6 Å². The Morgan fingerprint density at radius 3 is 2.71 bits per heavy atom. The maximum absolute atomic E-state index is 13.6. The van der Waals surface area contributed by atoms with Crippen LogP contribution in [0.4, 0.5) is 0 Å². The highest BCUT2D eigenvalue weighted by atomic mass is 79.9. The molecule has 0 atom stereocenters. The summed E-state index contributed by atoms with van der Waals surface area (Å²) in [5, 5.41) is 1.80. The summed E-state index contributed by atoms with van der Waals surface area (Å²) in [5.41, 5.74) is 2.55.